The molecule has 0 heterocycles. The van der Waals surface area contributed by atoms with Crippen LogP contribution in [0, 0.1) is 24.7 Å². The van der Waals surface area contributed by atoms with Gasteiger partial charge in [0.2, 0.25) is 0 Å². The van der Waals surface area contributed by atoms with E-state index >= 15 is 0 Å². The van der Waals surface area contributed by atoms with Gasteiger partial charge in [-0.1, -0.05) is 18.8 Å². The molecule has 17 heavy (non-hydrogen) atoms. The lowest BCUT2D eigenvalue weighted by Crippen LogP contribution is -2.15. The number of carbonyl (C=O) groups excluding carboxylic acids is 1. The van der Waals surface area contributed by atoms with Crippen LogP contribution in [0.3, 0.4) is 0 Å². The molecule has 0 amide bonds. The summed E-state index contributed by atoms with van der Waals surface area (Å²) in [7, 11) is -4.06. The van der Waals surface area contributed by atoms with Crippen molar-refractivity contribution in [1.29, 1.82) is 0 Å². The van der Waals surface area contributed by atoms with Crippen molar-refractivity contribution in [3.8, 4) is 24.7 Å². The Morgan fingerprint density at radius 1 is 1.29 bits per heavy atom. The first-order chi connectivity index (χ1) is 8.00. The van der Waals surface area contributed by atoms with Crippen LogP contribution in [0.4, 0.5) is 4.79 Å². The lowest BCUT2D eigenvalue weighted by Gasteiger charge is -2.17. The first kappa shape index (κ1) is 15.7. The highest BCUT2D eigenvalue weighted by atomic mass is 31.2. The molecule has 0 fully saturated rings. The highest BCUT2D eigenvalue weighted by Crippen LogP contribution is 2.50. The normalized spacial score (nSPS) is 12.2. The minimum Gasteiger partial charge on any atom is -0.454 e. The first-order valence-electron chi connectivity index (χ1n) is 4.97. The van der Waals surface area contributed by atoms with E-state index in [2.05, 4.69) is 11.8 Å². The molecule has 0 radical (unpaired) electrons. The molecule has 0 aromatic rings. The summed E-state index contributed by atoms with van der Waals surface area (Å²) in [6, 6.07) is 0. The summed E-state index contributed by atoms with van der Waals surface area (Å²) in [4.78, 5) is 11.6. The third-order valence-corrected chi connectivity index (χ3v) is 3.23. The minimum atomic E-state index is -4.06. The van der Waals surface area contributed by atoms with E-state index in [1.165, 1.54) is 0 Å². The molecule has 0 aromatic carbocycles. The highest BCUT2D eigenvalue weighted by Gasteiger charge is 2.37. The molecule has 0 aliphatic rings. The first-order valence-corrected chi connectivity index (χ1v) is 6.51. The average molecular weight is 258 g/mol. The van der Waals surface area contributed by atoms with Gasteiger partial charge in [0.25, 0.3) is 0 Å². The predicted molar refractivity (Wildman–Crippen MR) is 63.4 cm³/mol. The Morgan fingerprint density at radius 3 is 2.12 bits per heavy atom. The zero-order valence-corrected chi connectivity index (χ0v) is 10.7. The lowest BCUT2D eigenvalue weighted by molar-refractivity contribution is 0.115. The Morgan fingerprint density at radius 2 is 1.76 bits per heavy atom. The SMILES string of the molecule is C#CCOP(=O)(OCC#C)C(=O)OC(C)CC. The van der Waals surface area contributed by atoms with Gasteiger partial charge in [-0.15, -0.1) is 12.8 Å². The zero-order valence-electron chi connectivity index (χ0n) is 9.84. The molecule has 1 unspecified atom stereocenters. The van der Waals surface area contributed by atoms with Crippen molar-refractivity contribution in [2.75, 3.05) is 13.2 Å². The number of ether oxygens (including phenoxy) is 1. The maximum atomic E-state index is 12.0. The predicted octanol–water partition coefficient (Wildman–Crippen LogP) is 2.41. The molecule has 0 spiro atoms. The van der Waals surface area contributed by atoms with Gasteiger partial charge in [-0.05, 0) is 13.3 Å². The maximum Gasteiger partial charge on any atom is 0.440 e. The summed E-state index contributed by atoms with van der Waals surface area (Å²) >= 11 is 0. The minimum absolute atomic E-state index is 0.322. The summed E-state index contributed by atoms with van der Waals surface area (Å²) in [5, 5.41) is 0. The summed E-state index contributed by atoms with van der Waals surface area (Å²) in [5.74, 6) is 4.18. The van der Waals surface area contributed by atoms with Gasteiger partial charge in [0.15, 0.2) is 0 Å². The molecule has 0 bridgehead atoms. The molecular weight excluding hydrogens is 243 g/mol. The molecule has 94 valence electrons. The van der Waals surface area contributed by atoms with Gasteiger partial charge in [-0.2, -0.15) is 0 Å². The van der Waals surface area contributed by atoms with Crippen molar-refractivity contribution in [2.24, 2.45) is 0 Å². The molecule has 0 saturated heterocycles. The molecule has 6 heteroatoms. The van der Waals surface area contributed by atoms with Crippen molar-refractivity contribution in [3.63, 3.8) is 0 Å². The van der Waals surface area contributed by atoms with Gasteiger partial charge < -0.3 is 4.74 Å². The molecule has 5 nitrogen and oxygen atoms in total. The smallest absolute Gasteiger partial charge is 0.440 e. The molecule has 0 aromatic heterocycles. The molecule has 0 N–H and O–H groups in total. The number of hydrogen-bond donors (Lipinski definition) is 0. The quantitative estimate of drug-likeness (QED) is 0.518. The second kappa shape index (κ2) is 7.92. The van der Waals surface area contributed by atoms with Crippen LogP contribution in [-0.4, -0.2) is 25.0 Å². The van der Waals surface area contributed by atoms with E-state index in [1.54, 1.807) is 6.92 Å². The Balaban J connectivity index is 4.68. The van der Waals surface area contributed by atoms with E-state index in [1.807, 2.05) is 6.92 Å². The Bertz CT molecular complexity index is 354. The van der Waals surface area contributed by atoms with Crippen molar-refractivity contribution >= 4 is 13.3 Å². The molecule has 0 rings (SSSR count). The molecule has 0 aliphatic heterocycles. The fourth-order valence-corrected chi connectivity index (χ4v) is 1.79. The van der Waals surface area contributed by atoms with E-state index in [0.29, 0.717) is 6.42 Å². The zero-order chi connectivity index (χ0) is 13.3. The standard InChI is InChI=1S/C11H15O5P/c1-5-8-14-17(13,15-9-6-2)11(12)16-10(4)7-3/h1-2,10H,7-9H2,3-4H3. The van der Waals surface area contributed by atoms with E-state index < -0.39 is 13.3 Å². The third-order valence-electron chi connectivity index (χ3n) is 1.74. The third kappa shape index (κ3) is 5.56. The van der Waals surface area contributed by atoms with E-state index in [4.69, 9.17) is 26.6 Å². The number of carbonyl (C=O) groups is 1. The van der Waals surface area contributed by atoms with E-state index in [-0.39, 0.29) is 19.3 Å². The Hall–Kier alpha value is -1.26. The van der Waals surface area contributed by atoms with Crippen LogP contribution in [0.15, 0.2) is 0 Å². The van der Waals surface area contributed by atoms with Crippen molar-refractivity contribution in [3.05, 3.63) is 0 Å². The van der Waals surface area contributed by atoms with Crippen LogP contribution in [0.1, 0.15) is 20.3 Å². The number of rotatable bonds is 7. The Labute approximate surface area is 101 Å². The number of hydrogen-bond acceptors (Lipinski definition) is 5. The van der Waals surface area contributed by atoms with Gasteiger partial charge in [-0.3, -0.25) is 9.05 Å². The monoisotopic (exact) mass is 258 g/mol. The van der Waals surface area contributed by atoms with Gasteiger partial charge >= 0.3 is 13.3 Å². The summed E-state index contributed by atoms with van der Waals surface area (Å²) in [5.41, 5.74) is -1.07. The molecule has 0 saturated carbocycles. The van der Waals surface area contributed by atoms with Crippen molar-refractivity contribution in [1.82, 2.24) is 0 Å². The molecule has 0 aliphatic carbocycles. The van der Waals surface area contributed by atoms with Crippen LogP contribution >= 0.6 is 7.60 Å². The number of terminal acetylenes is 2. The van der Waals surface area contributed by atoms with Crippen molar-refractivity contribution < 1.29 is 23.1 Å². The lowest BCUT2D eigenvalue weighted by atomic mass is 10.3. The highest BCUT2D eigenvalue weighted by molar-refractivity contribution is 7.71. The van der Waals surface area contributed by atoms with Gasteiger partial charge in [0.05, 0.1) is 6.10 Å². The van der Waals surface area contributed by atoms with Crippen LogP contribution < -0.4 is 0 Å². The van der Waals surface area contributed by atoms with Gasteiger partial charge in [-0.25, -0.2) is 9.36 Å². The topological polar surface area (TPSA) is 61.8 Å². The van der Waals surface area contributed by atoms with Crippen LogP contribution in [0.2, 0.25) is 0 Å². The van der Waals surface area contributed by atoms with Crippen LogP contribution in [-0.2, 0) is 18.3 Å². The van der Waals surface area contributed by atoms with Crippen LogP contribution in [0.5, 0.6) is 0 Å². The maximum absolute atomic E-state index is 12.0. The average Bonchev–Trinajstić information content (AvgIpc) is 2.33. The summed E-state index contributed by atoms with van der Waals surface area (Å²) < 4.78 is 26.3. The van der Waals surface area contributed by atoms with E-state index in [0.717, 1.165) is 0 Å². The van der Waals surface area contributed by atoms with Gasteiger partial charge in [0, 0.05) is 0 Å². The summed E-state index contributed by atoms with van der Waals surface area (Å²) in [6.07, 6.45) is 10.1. The largest absolute Gasteiger partial charge is 0.454 e. The second-order valence-electron chi connectivity index (χ2n) is 3.06. The Kier molecular flexibility index (Phi) is 7.34. The van der Waals surface area contributed by atoms with Crippen LogP contribution in [0.25, 0.3) is 0 Å². The fourth-order valence-electron chi connectivity index (χ4n) is 0.707. The van der Waals surface area contributed by atoms with Crippen molar-refractivity contribution in [2.45, 2.75) is 26.4 Å². The van der Waals surface area contributed by atoms with Gasteiger partial charge in [0.1, 0.15) is 13.2 Å². The fraction of sp³-hybridized carbons (Fsp3) is 0.545. The second-order valence-corrected chi connectivity index (χ2v) is 4.93. The summed E-state index contributed by atoms with van der Waals surface area (Å²) in [6.45, 7) is 2.83. The molecule has 1 atom stereocenters. The van der Waals surface area contributed by atoms with E-state index in [9.17, 15) is 9.36 Å². The molecular formula is C11H15O5P.